The Morgan fingerprint density at radius 3 is 2.71 bits per heavy atom. The summed E-state index contributed by atoms with van der Waals surface area (Å²) in [5.41, 5.74) is 1.72. The number of imidazole rings is 1. The fourth-order valence-corrected chi connectivity index (χ4v) is 3.18. The summed E-state index contributed by atoms with van der Waals surface area (Å²) in [4.78, 5) is 4.35. The quantitative estimate of drug-likeness (QED) is 0.446. The lowest BCUT2D eigenvalue weighted by molar-refractivity contribution is 0.626. The molecule has 0 aliphatic carbocycles. The molecular formula is C15H10ClF2IN2. The SMILES string of the molecule is Fc1ccc(-n2c(CCCl)nc3c(F)cccc32)c(I)c1. The van der Waals surface area contributed by atoms with Gasteiger partial charge < -0.3 is 0 Å². The van der Waals surface area contributed by atoms with Crippen LogP contribution in [0.15, 0.2) is 36.4 Å². The van der Waals surface area contributed by atoms with E-state index in [1.807, 2.05) is 4.57 Å². The van der Waals surface area contributed by atoms with Crippen molar-refractivity contribution in [3.63, 3.8) is 0 Å². The molecule has 2 aromatic carbocycles. The largest absolute Gasteiger partial charge is 0.295 e. The number of aromatic nitrogens is 2. The van der Waals surface area contributed by atoms with E-state index in [4.69, 9.17) is 11.6 Å². The third-order valence-corrected chi connectivity index (χ3v) is 4.23. The normalized spacial score (nSPS) is 11.2. The van der Waals surface area contributed by atoms with Crippen LogP contribution in [0.3, 0.4) is 0 Å². The van der Waals surface area contributed by atoms with E-state index in [-0.39, 0.29) is 11.6 Å². The Morgan fingerprint density at radius 2 is 2.00 bits per heavy atom. The van der Waals surface area contributed by atoms with Crippen molar-refractivity contribution in [2.45, 2.75) is 6.42 Å². The molecular weight excluding hydrogens is 409 g/mol. The smallest absolute Gasteiger partial charge is 0.151 e. The van der Waals surface area contributed by atoms with Crippen LogP contribution < -0.4 is 0 Å². The first-order chi connectivity index (χ1) is 10.1. The van der Waals surface area contributed by atoms with Gasteiger partial charge in [0.25, 0.3) is 0 Å². The van der Waals surface area contributed by atoms with Gasteiger partial charge in [-0.15, -0.1) is 11.6 Å². The maximum absolute atomic E-state index is 13.9. The highest BCUT2D eigenvalue weighted by molar-refractivity contribution is 14.1. The van der Waals surface area contributed by atoms with Crippen molar-refractivity contribution in [2.75, 3.05) is 5.88 Å². The van der Waals surface area contributed by atoms with E-state index in [0.29, 0.717) is 29.2 Å². The third kappa shape index (κ3) is 2.64. The Kier molecular flexibility index (Phi) is 4.12. The molecule has 0 fully saturated rings. The summed E-state index contributed by atoms with van der Waals surface area (Å²) >= 11 is 7.88. The van der Waals surface area contributed by atoms with Gasteiger partial charge >= 0.3 is 0 Å². The molecule has 0 unspecified atom stereocenters. The van der Waals surface area contributed by atoms with Gasteiger partial charge in [0.15, 0.2) is 5.82 Å². The molecule has 0 spiro atoms. The lowest BCUT2D eigenvalue weighted by atomic mass is 10.2. The molecule has 3 rings (SSSR count). The first kappa shape index (κ1) is 14.7. The second-order valence-electron chi connectivity index (χ2n) is 4.51. The molecule has 0 radical (unpaired) electrons. The molecule has 0 atom stereocenters. The van der Waals surface area contributed by atoms with Gasteiger partial charge in [0.05, 0.1) is 11.2 Å². The molecule has 6 heteroatoms. The van der Waals surface area contributed by atoms with Gasteiger partial charge in [-0.3, -0.25) is 4.57 Å². The summed E-state index contributed by atoms with van der Waals surface area (Å²) in [6.07, 6.45) is 0.503. The molecule has 0 amide bonds. The first-order valence-electron chi connectivity index (χ1n) is 6.29. The lowest BCUT2D eigenvalue weighted by Gasteiger charge is -2.11. The standard InChI is InChI=1S/C15H10ClF2IN2/c16-7-6-14-20-15-10(18)2-1-3-13(15)21(14)12-5-4-9(17)8-11(12)19/h1-5,8H,6-7H2. The van der Waals surface area contributed by atoms with Crippen LogP contribution in [0, 0.1) is 15.2 Å². The molecule has 0 bridgehead atoms. The van der Waals surface area contributed by atoms with Gasteiger partial charge in [-0.1, -0.05) is 6.07 Å². The van der Waals surface area contributed by atoms with Crippen LogP contribution >= 0.6 is 34.2 Å². The second-order valence-corrected chi connectivity index (χ2v) is 6.05. The number of para-hydroxylation sites is 1. The van der Waals surface area contributed by atoms with Crippen molar-refractivity contribution >= 4 is 45.2 Å². The van der Waals surface area contributed by atoms with Crippen molar-refractivity contribution in [1.82, 2.24) is 9.55 Å². The fraction of sp³-hybridized carbons (Fsp3) is 0.133. The predicted octanol–water partition coefficient (Wildman–Crippen LogP) is 4.69. The summed E-state index contributed by atoms with van der Waals surface area (Å²) in [5, 5.41) is 0. The van der Waals surface area contributed by atoms with Crippen LogP contribution in [0.5, 0.6) is 0 Å². The zero-order valence-corrected chi connectivity index (χ0v) is 13.7. The predicted molar refractivity (Wildman–Crippen MR) is 88.1 cm³/mol. The van der Waals surface area contributed by atoms with Crippen LogP contribution in [0.25, 0.3) is 16.7 Å². The highest BCUT2D eigenvalue weighted by Gasteiger charge is 2.16. The number of benzene rings is 2. The van der Waals surface area contributed by atoms with Gasteiger partial charge in [0.2, 0.25) is 0 Å². The Morgan fingerprint density at radius 1 is 1.19 bits per heavy atom. The highest BCUT2D eigenvalue weighted by Crippen LogP contribution is 2.27. The average molecular weight is 419 g/mol. The van der Waals surface area contributed by atoms with Crippen molar-refractivity contribution in [3.05, 3.63) is 57.4 Å². The summed E-state index contributed by atoms with van der Waals surface area (Å²) in [6, 6.07) is 9.29. The number of halogens is 4. The molecule has 0 N–H and O–H groups in total. The number of nitrogens with zero attached hydrogens (tertiary/aromatic N) is 2. The number of fused-ring (bicyclic) bond motifs is 1. The van der Waals surface area contributed by atoms with Gasteiger partial charge in [0.1, 0.15) is 17.2 Å². The van der Waals surface area contributed by atoms with E-state index < -0.39 is 0 Å². The molecule has 108 valence electrons. The lowest BCUT2D eigenvalue weighted by Crippen LogP contribution is -2.04. The summed E-state index contributed by atoms with van der Waals surface area (Å²) < 4.78 is 29.8. The summed E-state index contributed by atoms with van der Waals surface area (Å²) in [7, 11) is 0. The van der Waals surface area contributed by atoms with Gasteiger partial charge in [0, 0.05) is 15.9 Å². The fourth-order valence-electron chi connectivity index (χ4n) is 2.30. The molecule has 0 saturated carbocycles. The molecule has 1 heterocycles. The van der Waals surface area contributed by atoms with E-state index in [2.05, 4.69) is 27.6 Å². The van der Waals surface area contributed by atoms with E-state index in [9.17, 15) is 8.78 Å². The molecule has 0 aliphatic rings. The summed E-state index contributed by atoms with van der Waals surface area (Å²) in [5.74, 6) is 0.356. The van der Waals surface area contributed by atoms with E-state index in [1.54, 1.807) is 18.2 Å². The zero-order chi connectivity index (χ0) is 15.0. The van der Waals surface area contributed by atoms with E-state index >= 15 is 0 Å². The number of rotatable bonds is 3. The second kappa shape index (κ2) is 5.88. The van der Waals surface area contributed by atoms with Crippen LogP contribution in [-0.4, -0.2) is 15.4 Å². The monoisotopic (exact) mass is 418 g/mol. The topological polar surface area (TPSA) is 17.8 Å². The van der Waals surface area contributed by atoms with Crippen LogP contribution in [0.1, 0.15) is 5.82 Å². The first-order valence-corrected chi connectivity index (χ1v) is 7.90. The molecule has 0 aliphatic heterocycles. The van der Waals surface area contributed by atoms with Crippen LogP contribution in [-0.2, 0) is 6.42 Å². The van der Waals surface area contributed by atoms with Crippen molar-refractivity contribution in [1.29, 1.82) is 0 Å². The number of hydrogen-bond acceptors (Lipinski definition) is 1. The minimum Gasteiger partial charge on any atom is -0.295 e. The summed E-state index contributed by atoms with van der Waals surface area (Å²) in [6.45, 7) is 0. The van der Waals surface area contributed by atoms with Gasteiger partial charge in [-0.25, -0.2) is 13.8 Å². The number of hydrogen-bond donors (Lipinski definition) is 0. The number of aryl methyl sites for hydroxylation is 1. The van der Waals surface area contributed by atoms with Gasteiger partial charge in [-0.2, -0.15) is 0 Å². The van der Waals surface area contributed by atoms with E-state index in [0.717, 1.165) is 9.26 Å². The van der Waals surface area contributed by atoms with Crippen molar-refractivity contribution in [3.8, 4) is 5.69 Å². The Bertz CT molecular complexity index is 817. The zero-order valence-electron chi connectivity index (χ0n) is 10.8. The van der Waals surface area contributed by atoms with Crippen LogP contribution in [0.4, 0.5) is 8.78 Å². The average Bonchev–Trinajstić information content (AvgIpc) is 2.79. The Balaban J connectivity index is 2.33. The minimum atomic E-state index is -0.376. The number of alkyl halides is 1. The van der Waals surface area contributed by atoms with Crippen LogP contribution in [0.2, 0.25) is 0 Å². The maximum atomic E-state index is 13.9. The molecule has 3 aromatic rings. The molecule has 1 aromatic heterocycles. The molecule has 0 saturated heterocycles. The minimum absolute atomic E-state index is 0.303. The van der Waals surface area contributed by atoms with Crippen molar-refractivity contribution in [2.24, 2.45) is 0 Å². The third-order valence-electron chi connectivity index (χ3n) is 3.17. The van der Waals surface area contributed by atoms with Gasteiger partial charge in [-0.05, 0) is 52.9 Å². The van der Waals surface area contributed by atoms with E-state index in [1.165, 1.54) is 18.2 Å². The highest BCUT2D eigenvalue weighted by atomic mass is 127. The van der Waals surface area contributed by atoms with Crippen molar-refractivity contribution < 1.29 is 8.78 Å². The Hall–Kier alpha value is -1.21. The Labute approximate surface area is 138 Å². The maximum Gasteiger partial charge on any atom is 0.151 e. The molecule has 21 heavy (non-hydrogen) atoms. The molecule has 2 nitrogen and oxygen atoms in total.